The van der Waals surface area contributed by atoms with Gasteiger partial charge in [0.2, 0.25) is 0 Å². The van der Waals surface area contributed by atoms with Crippen molar-refractivity contribution in [3.8, 4) is 11.1 Å². The molecule has 0 aromatic heterocycles. The molecule has 0 unspecified atom stereocenters. The van der Waals surface area contributed by atoms with Gasteiger partial charge in [-0.2, -0.15) is 0 Å². The Labute approximate surface area is 314 Å². The normalized spacial score (nSPS) is 53.8. The van der Waals surface area contributed by atoms with E-state index in [1.165, 1.54) is 125 Å². The molecule has 0 atom stereocenters. The third-order valence-electron chi connectivity index (χ3n) is 20.3. The highest BCUT2D eigenvalue weighted by Crippen LogP contribution is 2.64. The van der Waals surface area contributed by atoms with Gasteiger partial charge in [-0.25, -0.2) is 0 Å². The molecule has 52 heavy (non-hydrogen) atoms. The van der Waals surface area contributed by atoms with Crippen LogP contribution in [0.2, 0.25) is 0 Å². The van der Waals surface area contributed by atoms with Crippen molar-refractivity contribution in [3.63, 3.8) is 0 Å². The van der Waals surface area contributed by atoms with Gasteiger partial charge >= 0.3 is 0 Å². The first kappa shape index (κ1) is 30.6. The Morgan fingerprint density at radius 2 is 0.577 bits per heavy atom. The summed E-state index contributed by atoms with van der Waals surface area (Å²) in [6, 6.07) is 17.1. The van der Waals surface area contributed by atoms with Crippen LogP contribution in [0.3, 0.4) is 0 Å². The fourth-order valence-electron chi connectivity index (χ4n) is 20.2. The van der Waals surface area contributed by atoms with Gasteiger partial charge in [0.25, 0.3) is 0 Å². The summed E-state index contributed by atoms with van der Waals surface area (Å²) in [5.41, 5.74) is 11.6. The summed E-state index contributed by atoms with van der Waals surface area (Å²) < 4.78 is 2.69. The molecule has 16 aliphatic rings. The van der Waals surface area contributed by atoms with E-state index in [4.69, 9.17) is 0 Å². The lowest BCUT2D eigenvalue weighted by atomic mass is 9.48. The number of piperidine rings is 6. The van der Waals surface area contributed by atoms with Crippen LogP contribution in [0.25, 0.3) is 11.1 Å². The number of quaternary nitrogens is 2. The summed E-state index contributed by atoms with van der Waals surface area (Å²) in [7, 11) is 0. The molecular weight excluding hydrogens is 629 g/mol. The van der Waals surface area contributed by atoms with Gasteiger partial charge in [0.1, 0.15) is 11.4 Å². The first-order chi connectivity index (χ1) is 25.4. The van der Waals surface area contributed by atoms with E-state index in [1.54, 1.807) is 60.8 Å². The third-order valence-corrected chi connectivity index (χ3v) is 20.3. The summed E-state index contributed by atoms with van der Waals surface area (Å²) >= 11 is 0. The summed E-state index contributed by atoms with van der Waals surface area (Å²) in [5, 5.41) is 0. The van der Waals surface area contributed by atoms with E-state index in [1.807, 2.05) is 11.4 Å². The molecule has 10 saturated carbocycles. The van der Waals surface area contributed by atoms with E-state index in [-0.39, 0.29) is 0 Å². The van der Waals surface area contributed by atoms with Crippen LogP contribution in [0.1, 0.15) is 127 Å². The average molecular weight is 695 g/mol. The molecule has 0 N–H and O–H groups in total. The quantitative estimate of drug-likeness (QED) is 0.273. The van der Waals surface area contributed by atoms with Gasteiger partial charge in [0.05, 0.1) is 39.3 Å². The molecule has 2 aromatic carbocycles. The fourth-order valence-corrected chi connectivity index (χ4v) is 20.2. The number of hydrogen-bond donors (Lipinski definition) is 0. The molecule has 16 fully saturated rings. The predicted octanol–water partition coefficient (Wildman–Crippen LogP) is 11.0. The van der Waals surface area contributed by atoms with Crippen molar-refractivity contribution in [2.24, 2.45) is 71.0 Å². The lowest BCUT2D eigenvalue weighted by molar-refractivity contribution is -0.0141. The lowest BCUT2D eigenvalue weighted by Gasteiger charge is -2.59. The Morgan fingerprint density at radius 3 is 0.846 bits per heavy atom. The molecule has 2 nitrogen and oxygen atoms in total. The Kier molecular flexibility index (Phi) is 6.00. The summed E-state index contributed by atoms with van der Waals surface area (Å²) in [5.74, 6) is 11.9. The molecule has 0 radical (unpaired) electrons. The molecule has 2 heteroatoms. The van der Waals surface area contributed by atoms with Gasteiger partial charge in [-0.05, 0) is 185 Å². The molecule has 0 spiro atoms. The third kappa shape index (κ3) is 4.22. The second-order valence-corrected chi connectivity index (χ2v) is 23.9. The number of hydrogen-bond acceptors (Lipinski definition) is 0. The Hall–Kier alpha value is -1.64. The SMILES string of the molecule is c1cc(-c2ccc(C34CC5CC(CC(C5)C3)C4)cc2[N+]23CC4CC(CC(C4)C2)C3)c([N+]23CC4CC(CC(C4)C2)C3)cc1C12CC3CC(CC(C3)C1)C2. The second-order valence-electron chi connectivity index (χ2n) is 23.9. The van der Waals surface area contributed by atoms with Gasteiger partial charge < -0.3 is 0 Å². The van der Waals surface area contributed by atoms with Crippen molar-refractivity contribution in [1.29, 1.82) is 0 Å². The average Bonchev–Trinajstić information content (AvgIpc) is 3.09. The highest BCUT2D eigenvalue weighted by atomic mass is 15.4. The van der Waals surface area contributed by atoms with Crippen LogP contribution in [-0.4, -0.2) is 39.3 Å². The molecule has 6 heterocycles. The van der Waals surface area contributed by atoms with E-state index >= 15 is 0 Å². The zero-order valence-electron chi connectivity index (χ0n) is 32.3. The van der Waals surface area contributed by atoms with Crippen LogP contribution in [0, 0.1) is 71.0 Å². The first-order valence-corrected chi connectivity index (χ1v) is 23.4. The zero-order valence-corrected chi connectivity index (χ0v) is 32.3. The zero-order chi connectivity index (χ0) is 33.6. The van der Waals surface area contributed by atoms with Crippen molar-refractivity contribution in [1.82, 2.24) is 8.97 Å². The van der Waals surface area contributed by atoms with E-state index in [2.05, 4.69) is 36.4 Å². The van der Waals surface area contributed by atoms with Crippen molar-refractivity contribution in [2.45, 2.75) is 126 Å². The minimum absolute atomic E-state index is 0.482. The maximum absolute atomic E-state index is 2.97. The highest BCUT2D eigenvalue weighted by molar-refractivity contribution is 5.87. The molecule has 274 valence electrons. The Morgan fingerprint density at radius 1 is 0.327 bits per heavy atom. The van der Waals surface area contributed by atoms with Crippen LogP contribution in [0.5, 0.6) is 0 Å². The maximum Gasteiger partial charge on any atom is 0.141 e. The molecular formula is C50H66N2+2. The van der Waals surface area contributed by atoms with E-state index < -0.39 is 0 Å². The lowest BCUT2D eigenvalue weighted by Crippen LogP contribution is -2.67. The smallest absolute Gasteiger partial charge is 0.141 e. The van der Waals surface area contributed by atoms with Crippen molar-refractivity contribution in [3.05, 3.63) is 47.5 Å². The van der Waals surface area contributed by atoms with Gasteiger partial charge in [-0.1, -0.05) is 12.1 Å². The summed E-state index contributed by atoms with van der Waals surface area (Å²) in [6.07, 6.45) is 27.5. The van der Waals surface area contributed by atoms with Crippen LogP contribution in [0.4, 0.5) is 11.4 Å². The van der Waals surface area contributed by atoms with Crippen LogP contribution in [0.15, 0.2) is 36.4 Å². The molecule has 0 amide bonds. The summed E-state index contributed by atoms with van der Waals surface area (Å²) in [4.78, 5) is 0. The van der Waals surface area contributed by atoms with Gasteiger partial charge in [-0.3, -0.25) is 8.97 Å². The molecule has 16 bridgehead atoms. The van der Waals surface area contributed by atoms with Crippen molar-refractivity contribution in [2.75, 3.05) is 39.3 Å². The molecule has 2 aromatic rings. The number of rotatable bonds is 5. The second kappa shape index (κ2) is 10.2. The van der Waals surface area contributed by atoms with E-state index in [0.29, 0.717) is 10.8 Å². The molecule has 18 rings (SSSR count). The largest absolute Gasteiger partial charge is 0.290 e. The minimum atomic E-state index is 0.482. The predicted molar refractivity (Wildman–Crippen MR) is 213 cm³/mol. The Bertz CT molecular complexity index is 1570. The topological polar surface area (TPSA) is 0 Å². The van der Waals surface area contributed by atoms with Gasteiger partial charge in [0, 0.05) is 58.8 Å². The van der Waals surface area contributed by atoms with Crippen molar-refractivity contribution >= 4 is 11.4 Å². The molecule has 6 aliphatic heterocycles. The molecule has 6 saturated heterocycles. The number of benzene rings is 2. The van der Waals surface area contributed by atoms with Gasteiger partial charge in [0.15, 0.2) is 0 Å². The van der Waals surface area contributed by atoms with Crippen molar-refractivity contribution < 1.29 is 0 Å². The molecule has 10 aliphatic carbocycles. The summed E-state index contributed by atoms with van der Waals surface area (Å²) in [6.45, 7) is 8.65. The van der Waals surface area contributed by atoms with Gasteiger partial charge in [-0.15, -0.1) is 0 Å². The maximum atomic E-state index is 2.97. The van der Waals surface area contributed by atoms with E-state index in [9.17, 15) is 0 Å². The van der Waals surface area contributed by atoms with Crippen LogP contribution in [-0.2, 0) is 10.8 Å². The number of nitrogens with zero attached hydrogens (tertiary/aromatic N) is 2. The highest BCUT2D eigenvalue weighted by Gasteiger charge is 2.58. The minimum Gasteiger partial charge on any atom is -0.290 e. The first-order valence-electron chi connectivity index (χ1n) is 23.4. The Balaban J connectivity index is 0.967. The van der Waals surface area contributed by atoms with Crippen LogP contribution < -0.4 is 8.97 Å². The van der Waals surface area contributed by atoms with Crippen LogP contribution >= 0.6 is 0 Å². The fraction of sp³-hybridized carbons (Fsp3) is 0.760. The monoisotopic (exact) mass is 695 g/mol. The van der Waals surface area contributed by atoms with E-state index in [0.717, 1.165) is 71.0 Å². The standard InChI is InChI=1S/C50H66N2/c1-3-45(47(51-25-37-11-38(26-51)13-39(12-37)27-51)17-43(1)49-19-31-5-32(20-49)7-33(6-31)21-49)46-4-2-44(50-22-34-8-35(23-50)10-36(9-34)24-50)18-48(46)52-28-40-14-41(29-52)16-42(15-40)30-52/h1-4,17-18,31-42H,5-16,19-30H2/q+2.